The van der Waals surface area contributed by atoms with Gasteiger partial charge in [-0.15, -0.1) is 0 Å². The van der Waals surface area contributed by atoms with E-state index in [1.54, 1.807) is 20.1 Å². The van der Waals surface area contributed by atoms with Gasteiger partial charge in [0.15, 0.2) is 0 Å². The number of rotatable bonds is 7. The second-order valence-electron chi connectivity index (χ2n) is 8.73. The van der Waals surface area contributed by atoms with Gasteiger partial charge in [-0.3, -0.25) is 9.59 Å². The van der Waals surface area contributed by atoms with Crippen molar-refractivity contribution < 1.29 is 18.8 Å². The molecule has 3 aliphatic heterocycles. The van der Waals surface area contributed by atoms with Crippen molar-refractivity contribution in [3.63, 3.8) is 0 Å². The molecule has 0 aromatic carbocycles. The Bertz CT molecular complexity index is 736. The molecule has 0 spiro atoms. The summed E-state index contributed by atoms with van der Waals surface area (Å²) in [7, 11) is 1.74. The van der Waals surface area contributed by atoms with Crippen LogP contribution in [-0.4, -0.2) is 78.8 Å². The van der Waals surface area contributed by atoms with Gasteiger partial charge in [-0.05, 0) is 44.4 Å². The average Bonchev–Trinajstić information content (AvgIpc) is 3.15. The Labute approximate surface area is 171 Å². The quantitative estimate of drug-likeness (QED) is 0.692. The zero-order valence-corrected chi connectivity index (χ0v) is 17.4. The van der Waals surface area contributed by atoms with E-state index < -0.39 is 0 Å². The number of carbonyl (C=O) groups is 2. The number of hydrogen-bond acceptors (Lipinski definition) is 6. The van der Waals surface area contributed by atoms with Gasteiger partial charge in [0.05, 0.1) is 11.7 Å². The van der Waals surface area contributed by atoms with Gasteiger partial charge in [-0.1, -0.05) is 5.16 Å². The molecule has 4 rings (SSSR count). The smallest absolute Gasteiger partial charge is 0.289 e. The van der Waals surface area contributed by atoms with Crippen molar-refractivity contribution in [2.24, 2.45) is 11.8 Å². The molecule has 2 bridgehead atoms. The number of carbonyl (C=O) groups excluding carboxylic acids is 2. The maximum absolute atomic E-state index is 12.8. The molecule has 3 saturated heterocycles. The van der Waals surface area contributed by atoms with Crippen LogP contribution in [0, 0.1) is 18.8 Å². The molecule has 3 aliphatic rings. The fourth-order valence-electron chi connectivity index (χ4n) is 5.50. The van der Waals surface area contributed by atoms with E-state index >= 15 is 0 Å². The highest BCUT2D eigenvalue weighted by Crippen LogP contribution is 2.41. The maximum Gasteiger partial charge on any atom is 0.289 e. The summed E-state index contributed by atoms with van der Waals surface area (Å²) in [5.74, 6) is 1.12. The van der Waals surface area contributed by atoms with Gasteiger partial charge >= 0.3 is 0 Å². The monoisotopic (exact) mass is 404 g/mol. The number of ether oxygens (including phenoxy) is 1. The highest BCUT2D eigenvalue weighted by molar-refractivity contribution is 5.91. The number of piperidine rings is 3. The Balaban J connectivity index is 1.47. The van der Waals surface area contributed by atoms with Crippen molar-refractivity contribution in [2.45, 2.75) is 51.1 Å². The SMILES string of the molecule is COCCCN1C[C@H]2C[C@@H](C1)[C@H](CNC(=O)c1cc(C)no1)N1C(=O)CCC[C@@H]21. The lowest BCUT2D eigenvalue weighted by atomic mass is 9.72. The van der Waals surface area contributed by atoms with E-state index in [4.69, 9.17) is 9.26 Å². The number of nitrogens with zero attached hydrogens (tertiary/aromatic N) is 3. The molecule has 4 atom stereocenters. The van der Waals surface area contributed by atoms with Crippen LogP contribution in [0.1, 0.15) is 48.4 Å². The van der Waals surface area contributed by atoms with Crippen molar-refractivity contribution >= 4 is 11.8 Å². The molecule has 29 heavy (non-hydrogen) atoms. The fourth-order valence-corrected chi connectivity index (χ4v) is 5.50. The number of aromatic nitrogens is 1. The molecule has 8 nitrogen and oxygen atoms in total. The van der Waals surface area contributed by atoms with Crippen LogP contribution in [0.2, 0.25) is 0 Å². The van der Waals surface area contributed by atoms with Crippen molar-refractivity contribution in [2.75, 3.05) is 39.9 Å². The standard InChI is InChI=1S/C21H32N4O4/c1-14-9-19(29-23-14)21(27)22-11-18-16-10-15(12-24(13-16)7-4-8-28-2)17-5-3-6-20(26)25(17)18/h9,15-18H,3-8,10-13H2,1-2H3,(H,22,27)/t15-,16+,17+,18+/m1/s1. The molecule has 1 aromatic rings. The molecular formula is C21H32N4O4. The van der Waals surface area contributed by atoms with Gasteiger partial charge in [0, 0.05) is 58.4 Å². The first-order chi connectivity index (χ1) is 14.1. The van der Waals surface area contributed by atoms with Crippen molar-refractivity contribution in [3.8, 4) is 0 Å². The molecule has 0 unspecified atom stereocenters. The first kappa shape index (κ1) is 20.3. The first-order valence-electron chi connectivity index (χ1n) is 10.8. The molecule has 8 heteroatoms. The van der Waals surface area contributed by atoms with Crippen LogP contribution in [0.4, 0.5) is 0 Å². The highest BCUT2D eigenvalue weighted by atomic mass is 16.5. The number of likely N-dealkylation sites (tertiary alicyclic amines) is 1. The number of fused-ring (bicyclic) bond motifs is 4. The Morgan fingerprint density at radius 2 is 2.21 bits per heavy atom. The summed E-state index contributed by atoms with van der Waals surface area (Å²) in [6.07, 6.45) is 4.83. The van der Waals surface area contributed by atoms with E-state index in [1.165, 1.54) is 0 Å². The topological polar surface area (TPSA) is 87.9 Å². The van der Waals surface area contributed by atoms with Crippen molar-refractivity contribution in [3.05, 3.63) is 17.5 Å². The van der Waals surface area contributed by atoms with Crippen molar-refractivity contribution in [1.29, 1.82) is 0 Å². The molecule has 1 aromatic heterocycles. The van der Waals surface area contributed by atoms with Gasteiger partial charge in [-0.25, -0.2) is 0 Å². The summed E-state index contributed by atoms with van der Waals surface area (Å²) in [6.45, 7) is 6.08. The molecule has 1 N–H and O–H groups in total. The third-order valence-electron chi connectivity index (χ3n) is 6.72. The molecule has 3 fully saturated rings. The molecular weight excluding hydrogens is 372 g/mol. The third kappa shape index (κ3) is 4.33. The lowest BCUT2D eigenvalue weighted by Crippen LogP contribution is -2.67. The van der Waals surface area contributed by atoms with Crippen LogP contribution in [-0.2, 0) is 9.53 Å². The highest BCUT2D eigenvalue weighted by Gasteiger charge is 2.49. The second-order valence-corrected chi connectivity index (χ2v) is 8.73. The Morgan fingerprint density at radius 1 is 1.38 bits per heavy atom. The minimum atomic E-state index is -0.263. The lowest BCUT2D eigenvalue weighted by Gasteiger charge is -2.56. The Hall–Kier alpha value is -1.93. The number of aryl methyl sites for hydroxylation is 1. The van der Waals surface area contributed by atoms with Gasteiger partial charge in [0.25, 0.3) is 5.91 Å². The summed E-state index contributed by atoms with van der Waals surface area (Å²) < 4.78 is 10.3. The number of methoxy groups -OCH3 is 1. The average molecular weight is 405 g/mol. The van der Waals surface area contributed by atoms with Crippen molar-refractivity contribution in [1.82, 2.24) is 20.3 Å². The predicted octanol–water partition coefficient (Wildman–Crippen LogP) is 1.45. The summed E-state index contributed by atoms with van der Waals surface area (Å²) in [5, 5.41) is 6.79. The summed E-state index contributed by atoms with van der Waals surface area (Å²) in [4.78, 5) is 30.0. The largest absolute Gasteiger partial charge is 0.385 e. The van der Waals surface area contributed by atoms with E-state index in [1.807, 2.05) is 0 Å². The van der Waals surface area contributed by atoms with Gasteiger partial charge < -0.3 is 24.4 Å². The molecule has 2 amide bonds. The Morgan fingerprint density at radius 3 is 2.97 bits per heavy atom. The fraction of sp³-hybridized carbons (Fsp3) is 0.762. The summed E-state index contributed by atoms with van der Waals surface area (Å²) in [6, 6.07) is 1.98. The van der Waals surface area contributed by atoms with Gasteiger partial charge in [-0.2, -0.15) is 0 Å². The molecule has 160 valence electrons. The number of hydrogen-bond donors (Lipinski definition) is 1. The van der Waals surface area contributed by atoms with E-state index in [0.717, 1.165) is 51.9 Å². The minimum Gasteiger partial charge on any atom is -0.385 e. The normalized spacial score (nSPS) is 29.6. The zero-order valence-electron chi connectivity index (χ0n) is 17.4. The second kappa shape index (κ2) is 8.83. The van der Waals surface area contributed by atoms with Crippen LogP contribution in [0.25, 0.3) is 0 Å². The summed E-state index contributed by atoms with van der Waals surface area (Å²) in [5.41, 5.74) is 0.681. The zero-order chi connectivity index (χ0) is 20.4. The number of nitrogens with one attached hydrogen (secondary N) is 1. The maximum atomic E-state index is 12.8. The molecule has 0 saturated carbocycles. The van der Waals surface area contributed by atoms with E-state index in [9.17, 15) is 9.59 Å². The predicted molar refractivity (Wildman–Crippen MR) is 106 cm³/mol. The third-order valence-corrected chi connectivity index (χ3v) is 6.72. The van der Waals surface area contributed by atoms with Gasteiger partial charge in [0.1, 0.15) is 0 Å². The first-order valence-corrected chi connectivity index (χ1v) is 10.8. The van der Waals surface area contributed by atoms with E-state index in [2.05, 4.69) is 20.3 Å². The van der Waals surface area contributed by atoms with Gasteiger partial charge in [0.2, 0.25) is 11.7 Å². The molecule has 4 heterocycles. The van der Waals surface area contributed by atoms with Crippen LogP contribution in [0.15, 0.2) is 10.6 Å². The van der Waals surface area contributed by atoms with Crippen LogP contribution in [0.3, 0.4) is 0 Å². The van der Waals surface area contributed by atoms with E-state index in [0.29, 0.717) is 36.5 Å². The van der Waals surface area contributed by atoms with Crippen LogP contribution >= 0.6 is 0 Å². The van der Waals surface area contributed by atoms with Crippen LogP contribution < -0.4 is 5.32 Å². The molecule has 0 aliphatic carbocycles. The van der Waals surface area contributed by atoms with Crippen LogP contribution in [0.5, 0.6) is 0 Å². The minimum absolute atomic E-state index is 0.0437. The number of amides is 2. The molecule has 0 radical (unpaired) electrons. The lowest BCUT2D eigenvalue weighted by molar-refractivity contribution is -0.152. The Kier molecular flexibility index (Phi) is 6.20. The van der Waals surface area contributed by atoms with E-state index in [-0.39, 0.29) is 23.6 Å². The summed E-state index contributed by atoms with van der Waals surface area (Å²) >= 11 is 0.